The van der Waals surface area contributed by atoms with E-state index in [1.54, 1.807) is 31.6 Å². The number of carbonyl (C=O) groups is 2. The molecule has 1 saturated heterocycles. The number of carboxylic acids is 1. The summed E-state index contributed by atoms with van der Waals surface area (Å²) in [5, 5.41) is 13.5. The first-order valence-corrected chi connectivity index (χ1v) is 6.76. The molecule has 2 aromatic rings. The molecule has 2 heterocycles. The Hall–Kier alpha value is -2.70. The number of likely N-dealkylation sites (tertiary alicyclic amines) is 1. The first-order valence-electron chi connectivity index (χ1n) is 6.76. The summed E-state index contributed by atoms with van der Waals surface area (Å²) < 4.78 is 14.5. The van der Waals surface area contributed by atoms with Gasteiger partial charge in [0.2, 0.25) is 5.91 Å². The van der Waals surface area contributed by atoms with Gasteiger partial charge in [0.05, 0.1) is 23.8 Å². The predicted molar refractivity (Wildman–Crippen MR) is 74.8 cm³/mol. The summed E-state index contributed by atoms with van der Waals surface area (Å²) in [4.78, 5) is 24.6. The number of benzene rings is 1. The van der Waals surface area contributed by atoms with Crippen molar-refractivity contribution in [1.29, 1.82) is 0 Å². The topological polar surface area (TPSA) is 75.4 Å². The zero-order chi connectivity index (χ0) is 15.9. The molecule has 3 rings (SSSR count). The first kappa shape index (κ1) is 14.2. The van der Waals surface area contributed by atoms with E-state index in [0.29, 0.717) is 11.3 Å². The van der Waals surface area contributed by atoms with Gasteiger partial charge in [-0.3, -0.25) is 9.59 Å². The molecule has 1 aromatic carbocycles. The van der Waals surface area contributed by atoms with E-state index in [9.17, 15) is 19.1 Å². The molecule has 0 radical (unpaired) electrons. The highest BCUT2D eigenvalue weighted by molar-refractivity contribution is 5.87. The summed E-state index contributed by atoms with van der Waals surface area (Å²) in [6.45, 7) is 0. The van der Waals surface area contributed by atoms with Gasteiger partial charge in [-0.25, -0.2) is 9.07 Å². The van der Waals surface area contributed by atoms with Crippen molar-refractivity contribution >= 4 is 11.9 Å². The van der Waals surface area contributed by atoms with Crippen molar-refractivity contribution in [1.82, 2.24) is 14.7 Å². The van der Waals surface area contributed by atoms with Crippen LogP contribution in [0.3, 0.4) is 0 Å². The lowest BCUT2D eigenvalue weighted by atomic mass is 9.96. The predicted octanol–water partition coefficient (Wildman–Crippen LogP) is 1.62. The molecule has 22 heavy (non-hydrogen) atoms. The Morgan fingerprint density at radius 2 is 2.05 bits per heavy atom. The normalized spacial score (nSPS) is 21.4. The first-order chi connectivity index (χ1) is 10.5. The fourth-order valence-electron chi connectivity index (χ4n) is 2.77. The fourth-order valence-corrected chi connectivity index (χ4v) is 2.77. The van der Waals surface area contributed by atoms with Gasteiger partial charge in [-0.2, -0.15) is 5.10 Å². The van der Waals surface area contributed by atoms with Crippen molar-refractivity contribution in [2.24, 2.45) is 5.92 Å². The average Bonchev–Trinajstić information content (AvgIpc) is 3.06. The van der Waals surface area contributed by atoms with E-state index in [1.807, 2.05) is 0 Å². The van der Waals surface area contributed by atoms with Crippen molar-refractivity contribution in [3.63, 3.8) is 0 Å². The molecule has 0 unspecified atom stereocenters. The van der Waals surface area contributed by atoms with Crippen molar-refractivity contribution in [2.45, 2.75) is 12.5 Å². The van der Waals surface area contributed by atoms with Gasteiger partial charge in [-0.05, 0) is 24.3 Å². The SMILES string of the molecule is CN1C(=O)C[C@H](C(=O)O)[C@@H]1c1cnn(-c2ccc(F)cc2)c1. The lowest BCUT2D eigenvalue weighted by molar-refractivity contribution is -0.142. The van der Waals surface area contributed by atoms with E-state index < -0.39 is 17.9 Å². The molecule has 1 aliphatic rings. The van der Waals surface area contributed by atoms with Gasteiger partial charge in [-0.1, -0.05) is 0 Å². The van der Waals surface area contributed by atoms with Crippen LogP contribution in [-0.4, -0.2) is 38.7 Å². The number of aromatic nitrogens is 2. The van der Waals surface area contributed by atoms with Crippen LogP contribution in [0.5, 0.6) is 0 Å². The van der Waals surface area contributed by atoms with Gasteiger partial charge < -0.3 is 10.0 Å². The van der Waals surface area contributed by atoms with Crippen LogP contribution in [0.15, 0.2) is 36.7 Å². The number of nitrogens with zero attached hydrogens (tertiary/aromatic N) is 3. The standard InChI is InChI=1S/C15H14FN3O3/c1-18-13(20)6-12(15(21)22)14(18)9-7-17-19(8-9)11-4-2-10(16)3-5-11/h2-5,7-8,12,14H,6H2,1H3,(H,21,22)/t12-,14-/m0/s1. The molecular weight excluding hydrogens is 289 g/mol. The molecule has 2 atom stereocenters. The Morgan fingerprint density at radius 1 is 1.36 bits per heavy atom. The second-order valence-corrected chi connectivity index (χ2v) is 5.29. The van der Waals surface area contributed by atoms with Crippen LogP contribution in [0, 0.1) is 11.7 Å². The summed E-state index contributed by atoms with van der Waals surface area (Å²) in [7, 11) is 1.59. The number of carbonyl (C=O) groups excluding carboxylic acids is 1. The smallest absolute Gasteiger partial charge is 0.309 e. The molecule has 1 fully saturated rings. The highest BCUT2D eigenvalue weighted by Crippen LogP contribution is 2.37. The number of hydrogen-bond donors (Lipinski definition) is 1. The lowest BCUT2D eigenvalue weighted by Crippen LogP contribution is -2.26. The monoisotopic (exact) mass is 303 g/mol. The van der Waals surface area contributed by atoms with Crippen LogP contribution in [0.2, 0.25) is 0 Å². The van der Waals surface area contributed by atoms with E-state index in [1.165, 1.54) is 21.7 Å². The summed E-state index contributed by atoms with van der Waals surface area (Å²) in [6.07, 6.45) is 3.19. The molecule has 1 aliphatic heterocycles. The average molecular weight is 303 g/mol. The third-order valence-corrected chi connectivity index (χ3v) is 3.94. The van der Waals surface area contributed by atoms with Crippen LogP contribution < -0.4 is 0 Å². The highest BCUT2D eigenvalue weighted by atomic mass is 19.1. The third-order valence-electron chi connectivity index (χ3n) is 3.94. The zero-order valence-corrected chi connectivity index (χ0v) is 11.8. The second-order valence-electron chi connectivity index (χ2n) is 5.29. The Balaban J connectivity index is 1.94. The quantitative estimate of drug-likeness (QED) is 0.935. The van der Waals surface area contributed by atoms with Crippen molar-refractivity contribution in [3.8, 4) is 5.69 Å². The van der Waals surface area contributed by atoms with Crippen molar-refractivity contribution < 1.29 is 19.1 Å². The van der Waals surface area contributed by atoms with E-state index in [4.69, 9.17) is 0 Å². The largest absolute Gasteiger partial charge is 0.481 e. The maximum Gasteiger partial charge on any atom is 0.309 e. The minimum absolute atomic E-state index is 0.0156. The Kier molecular flexibility index (Phi) is 3.40. The molecule has 114 valence electrons. The van der Waals surface area contributed by atoms with Crippen LogP contribution in [0.25, 0.3) is 5.69 Å². The second kappa shape index (κ2) is 5.25. The minimum Gasteiger partial charge on any atom is -0.481 e. The van der Waals surface area contributed by atoms with Crippen LogP contribution in [0.4, 0.5) is 4.39 Å². The fraction of sp³-hybridized carbons (Fsp3) is 0.267. The molecule has 1 N–H and O–H groups in total. The van der Waals surface area contributed by atoms with Crippen LogP contribution in [-0.2, 0) is 9.59 Å². The molecule has 0 aliphatic carbocycles. The summed E-state index contributed by atoms with van der Waals surface area (Å²) in [5.41, 5.74) is 1.30. The summed E-state index contributed by atoms with van der Waals surface area (Å²) in [5.74, 6) is -2.34. The number of rotatable bonds is 3. The Morgan fingerprint density at radius 3 is 2.68 bits per heavy atom. The number of halogens is 1. The van der Waals surface area contributed by atoms with E-state index >= 15 is 0 Å². The van der Waals surface area contributed by atoms with E-state index in [-0.39, 0.29) is 18.1 Å². The molecule has 1 amide bonds. The minimum atomic E-state index is -1.00. The van der Waals surface area contributed by atoms with Crippen molar-refractivity contribution in [3.05, 3.63) is 48.0 Å². The number of carboxylic acid groups (broad SMARTS) is 1. The maximum atomic E-state index is 12.9. The number of hydrogen-bond acceptors (Lipinski definition) is 3. The molecule has 7 heteroatoms. The van der Waals surface area contributed by atoms with Gasteiger partial charge in [0, 0.05) is 25.2 Å². The Labute approximate surface area is 125 Å². The van der Waals surface area contributed by atoms with Gasteiger partial charge in [0.25, 0.3) is 0 Å². The molecule has 0 saturated carbocycles. The summed E-state index contributed by atoms with van der Waals surface area (Å²) >= 11 is 0. The lowest BCUT2D eigenvalue weighted by Gasteiger charge is -2.21. The molecular formula is C15H14FN3O3. The molecule has 0 bridgehead atoms. The molecule has 1 aromatic heterocycles. The Bertz CT molecular complexity index is 726. The van der Waals surface area contributed by atoms with Gasteiger partial charge in [0.1, 0.15) is 5.82 Å². The zero-order valence-electron chi connectivity index (χ0n) is 11.8. The van der Waals surface area contributed by atoms with E-state index in [2.05, 4.69) is 5.10 Å². The van der Waals surface area contributed by atoms with E-state index in [0.717, 1.165) is 0 Å². The highest BCUT2D eigenvalue weighted by Gasteiger charge is 2.43. The molecule has 6 nitrogen and oxygen atoms in total. The van der Waals surface area contributed by atoms with Gasteiger partial charge in [0.15, 0.2) is 0 Å². The van der Waals surface area contributed by atoms with Gasteiger partial charge in [-0.15, -0.1) is 0 Å². The van der Waals surface area contributed by atoms with Crippen LogP contribution in [0.1, 0.15) is 18.0 Å². The molecule has 0 spiro atoms. The van der Waals surface area contributed by atoms with Crippen molar-refractivity contribution in [2.75, 3.05) is 7.05 Å². The third kappa shape index (κ3) is 2.34. The van der Waals surface area contributed by atoms with Gasteiger partial charge >= 0.3 is 5.97 Å². The number of aliphatic carboxylic acids is 1. The summed E-state index contributed by atoms with van der Waals surface area (Å²) in [6, 6.07) is 5.25. The van der Waals surface area contributed by atoms with Crippen LogP contribution >= 0.6 is 0 Å². The number of amides is 1. The maximum absolute atomic E-state index is 12.9.